The lowest BCUT2D eigenvalue weighted by atomic mass is 10.2. The van der Waals surface area contributed by atoms with E-state index in [9.17, 15) is 14.7 Å². The molecule has 0 saturated carbocycles. The first-order chi connectivity index (χ1) is 11.0. The van der Waals surface area contributed by atoms with Gasteiger partial charge in [0.15, 0.2) is 0 Å². The highest BCUT2D eigenvalue weighted by molar-refractivity contribution is 5.92. The average molecular weight is 314 g/mol. The molecule has 0 aliphatic heterocycles. The third-order valence-electron chi connectivity index (χ3n) is 2.85. The summed E-state index contributed by atoms with van der Waals surface area (Å²) in [5.41, 5.74) is 0.768. The molecule has 0 spiro atoms. The number of carboxylic acid groups (broad SMARTS) is 1. The minimum Gasteiger partial charge on any atom is -0.507 e. The maximum Gasteiger partial charge on any atom is 0.339 e. The summed E-state index contributed by atoms with van der Waals surface area (Å²) in [5.74, 6) is -2.06. The van der Waals surface area contributed by atoms with Crippen LogP contribution in [0.2, 0.25) is 0 Å². The molecule has 0 aromatic heterocycles. The second-order valence-corrected chi connectivity index (χ2v) is 4.48. The first-order valence-electron chi connectivity index (χ1n) is 6.76. The first-order valence-corrected chi connectivity index (χ1v) is 6.76. The number of carboxylic acids is 1. The number of hydrogen-bond donors (Lipinski definition) is 2. The number of aromatic carboxylic acids is 1. The Morgan fingerprint density at radius 1 is 1.09 bits per heavy atom. The van der Waals surface area contributed by atoms with E-state index < -0.39 is 11.9 Å². The third-order valence-corrected chi connectivity index (χ3v) is 2.85. The van der Waals surface area contributed by atoms with Crippen molar-refractivity contribution in [3.63, 3.8) is 0 Å². The molecule has 23 heavy (non-hydrogen) atoms. The summed E-state index contributed by atoms with van der Waals surface area (Å²) >= 11 is 0. The Kier molecular flexibility index (Phi) is 5.03. The Morgan fingerprint density at radius 3 is 2.43 bits per heavy atom. The van der Waals surface area contributed by atoms with Gasteiger partial charge in [-0.3, -0.25) is 0 Å². The van der Waals surface area contributed by atoms with Gasteiger partial charge >= 0.3 is 11.9 Å². The predicted octanol–water partition coefficient (Wildman–Crippen LogP) is 3.68. The zero-order valence-electron chi connectivity index (χ0n) is 12.3. The zero-order chi connectivity index (χ0) is 16.8. The van der Waals surface area contributed by atoms with Crippen molar-refractivity contribution in [3.8, 4) is 5.75 Å². The number of rotatable bonds is 5. The number of ether oxygens (including phenoxy) is 1. The largest absolute Gasteiger partial charge is 0.507 e. The van der Waals surface area contributed by atoms with Crippen LogP contribution in [0.5, 0.6) is 5.75 Å². The van der Waals surface area contributed by atoms with Crippen LogP contribution in [-0.4, -0.2) is 28.8 Å². The normalized spacial score (nSPS) is 10.7. The van der Waals surface area contributed by atoms with Gasteiger partial charge in [0.25, 0.3) is 0 Å². The van der Waals surface area contributed by atoms with Crippen molar-refractivity contribution >= 4 is 23.3 Å². The van der Waals surface area contributed by atoms with Crippen LogP contribution in [0.25, 0.3) is 0 Å². The van der Waals surface area contributed by atoms with Crippen molar-refractivity contribution in [1.29, 1.82) is 0 Å². The first kappa shape index (κ1) is 16.2. The van der Waals surface area contributed by atoms with Gasteiger partial charge in [-0.2, -0.15) is 10.2 Å². The summed E-state index contributed by atoms with van der Waals surface area (Å²) in [4.78, 5) is 22.6. The number of aromatic hydroxyl groups is 1. The molecular formula is C16H14N2O5. The number of nitrogens with zero attached hydrogens (tertiary/aromatic N) is 2. The molecule has 7 heteroatoms. The van der Waals surface area contributed by atoms with Gasteiger partial charge in [0, 0.05) is 0 Å². The third kappa shape index (κ3) is 4.13. The van der Waals surface area contributed by atoms with Crippen molar-refractivity contribution in [2.45, 2.75) is 6.92 Å². The molecule has 0 aliphatic carbocycles. The second kappa shape index (κ2) is 7.17. The minimum atomic E-state index is -1.26. The van der Waals surface area contributed by atoms with Crippen LogP contribution in [-0.2, 0) is 4.74 Å². The Labute approximate surface area is 131 Å². The Bertz CT molecular complexity index is 771. The molecule has 7 nitrogen and oxygen atoms in total. The quantitative estimate of drug-likeness (QED) is 0.646. The fraction of sp³-hybridized carbons (Fsp3) is 0.125. The lowest BCUT2D eigenvalue weighted by Crippen LogP contribution is -2.03. The minimum absolute atomic E-state index is 0.262. The van der Waals surface area contributed by atoms with Crippen molar-refractivity contribution in [2.75, 3.05) is 6.61 Å². The number of benzene rings is 2. The van der Waals surface area contributed by atoms with Gasteiger partial charge in [0.05, 0.1) is 23.5 Å². The molecule has 0 radical (unpaired) electrons. The monoisotopic (exact) mass is 314 g/mol. The van der Waals surface area contributed by atoms with Gasteiger partial charge in [-0.1, -0.05) is 6.07 Å². The van der Waals surface area contributed by atoms with Crippen molar-refractivity contribution in [3.05, 3.63) is 53.6 Å². The molecular weight excluding hydrogens is 300 g/mol. The van der Waals surface area contributed by atoms with E-state index in [0.717, 1.165) is 0 Å². The summed E-state index contributed by atoms with van der Waals surface area (Å²) in [5, 5.41) is 26.2. The fourth-order valence-electron chi connectivity index (χ4n) is 1.78. The summed E-state index contributed by atoms with van der Waals surface area (Å²) in [6.07, 6.45) is 0. The van der Waals surface area contributed by atoms with Crippen molar-refractivity contribution in [2.24, 2.45) is 10.2 Å². The van der Waals surface area contributed by atoms with E-state index in [0.29, 0.717) is 11.3 Å². The van der Waals surface area contributed by atoms with Crippen LogP contribution in [0.3, 0.4) is 0 Å². The number of phenols is 1. The van der Waals surface area contributed by atoms with Gasteiger partial charge in [0.1, 0.15) is 11.3 Å². The molecule has 0 atom stereocenters. The number of hydrogen-bond acceptors (Lipinski definition) is 6. The van der Waals surface area contributed by atoms with Gasteiger partial charge in [0.2, 0.25) is 0 Å². The Hall–Kier alpha value is -3.22. The van der Waals surface area contributed by atoms with E-state index in [4.69, 9.17) is 9.84 Å². The zero-order valence-corrected chi connectivity index (χ0v) is 12.3. The molecule has 0 saturated heterocycles. The number of esters is 1. The topological polar surface area (TPSA) is 109 Å². The lowest BCUT2D eigenvalue weighted by molar-refractivity contribution is 0.0525. The van der Waals surface area contributed by atoms with E-state index >= 15 is 0 Å². The highest BCUT2D eigenvalue weighted by atomic mass is 16.5. The summed E-state index contributed by atoms with van der Waals surface area (Å²) in [7, 11) is 0. The maximum absolute atomic E-state index is 11.6. The number of carbonyl (C=O) groups excluding carboxylic acids is 1. The van der Waals surface area contributed by atoms with Crippen LogP contribution in [0, 0.1) is 0 Å². The molecule has 0 fully saturated rings. The molecule has 118 valence electrons. The molecule has 0 unspecified atom stereocenters. The average Bonchev–Trinajstić information content (AvgIpc) is 2.54. The van der Waals surface area contributed by atoms with Crippen LogP contribution in [0.4, 0.5) is 11.4 Å². The van der Waals surface area contributed by atoms with E-state index in [-0.39, 0.29) is 23.6 Å². The summed E-state index contributed by atoms with van der Waals surface area (Å²) in [6, 6.07) is 10.3. The molecule has 2 N–H and O–H groups in total. The van der Waals surface area contributed by atoms with Crippen molar-refractivity contribution < 1.29 is 24.5 Å². The van der Waals surface area contributed by atoms with Gasteiger partial charge < -0.3 is 14.9 Å². The molecule has 2 aromatic carbocycles. The number of azo groups is 1. The van der Waals surface area contributed by atoms with Crippen LogP contribution in [0.15, 0.2) is 52.7 Å². The summed E-state index contributed by atoms with van der Waals surface area (Å²) < 4.78 is 4.90. The van der Waals surface area contributed by atoms with Crippen LogP contribution >= 0.6 is 0 Å². The maximum atomic E-state index is 11.6. The van der Waals surface area contributed by atoms with E-state index in [2.05, 4.69) is 10.2 Å². The fourth-order valence-corrected chi connectivity index (χ4v) is 1.78. The van der Waals surface area contributed by atoms with E-state index in [1.165, 1.54) is 24.3 Å². The molecule has 2 aromatic rings. The van der Waals surface area contributed by atoms with E-state index in [1.54, 1.807) is 25.1 Å². The van der Waals surface area contributed by atoms with Crippen molar-refractivity contribution in [1.82, 2.24) is 0 Å². The smallest absolute Gasteiger partial charge is 0.339 e. The van der Waals surface area contributed by atoms with Crippen LogP contribution in [0.1, 0.15) is 27.6 Å². The summed E-state index contributed by atoms with van der Waals surface area (Å²) in [6.45, 7) is 1.99. The van der Waals surface area contributed by atoms with E-state index in [1.807, 2.05) is 0 Å². The standard InChI is InChI=1S/C16H14N2O5/c1-2-23-16(22)10-4-3-5-11(8-10)17-18-12-6-7-14(19)13(9-12)15(20)21/h3-9,19H,2H2,1H3,(H,20,21). The number of carbonyl (C=O) groups is 2. The molecule has 0 bridgehead atoms. The Morgan fingerprint density at radius 2 is 1.78 bits per heavy atom. The van der Waals surface area contributed by atoms with Crippen LogP contribution < -0.4 is 0 Å². The molecule has 0 amide bonds. The van der Waals surface area contributed by atoms with Gasteiger partial charge in [-0.15, -0.1) is 0 Å². The second-order valence-electron chi connectivity index (χ2n) is 4.48. The Balaban J connectivity index is 2.24. The SMILES string of the molecule is CCOC(=O)c1cccc(N=Nc2ccc(O)c(C(=O)O)c2)c1. The molecule has 2 rings (SSSR count). The van der Waals surface area contributed by atoms with Gasteiger partial charge in [-0.05, 0) is 43.3 Å². The van der Waals surface area contributed by atoms with Gasteiger partial charge in [-0.25, -0.2) is 9.59 Å². The predicted molar refractivity (Wildman–Crippen MR) is 81.6 cm³/mol. The highest BCUT2D eigenvalue weighted by Gasteiger charge is 2.10. The lowest BCUT2D eigenvalue weighted by Gasteiger charge is -2.02. The molecule has 0 heterocycles. The highest BCUT2D eigenvalue weighted by Crippen LogP contribution is 2.25. The molecule has 0 aliphatic rings.